The highest BCUT2D eigenvalue weighted by Crippen LogP contribution is 2.47. The molecule has 1 nitrogen and oxygen atoms in total. The van der Waals surface area contributed by atoms with E-state index >= 15 is 0 Å². The maximum absolute atomic E-state index is 9.40. The third-order valence-electron chi connectivity index (χ3n) is 4.30. The van der Waals surface area contributed by atoms with E-state index in [-0.39, 0.29) is 12.5 Å². The van der Waals surface area contributed by atoms with Gasteiger partial charge in [-0.25, -0.2) is 0 Å². The number of aliphatic hydroxyl groups is 1. The molecule has 3 aromatic rings. The Labute approximate surface area is 124 Å². The minimum absolute atomic E-state index is 0.0872. The highest BCUT2D eigenvalue weighted by Gasteiger charge is 2.29. The van der Waals surface area contributed by atoms with Gasteiger partial charge in [0, 0.05) is 5.92 Å². The van der Waals surface area contributed by atoms with Gasteiger partial charge < -0.3 is 5.11 Å². The topological polar surface area (TPSA) is 20.2 Å². The molecular weight excluding hydrogens is 256 g/mol. The summed E-state index contributed by atoms with van der Waals surface area (Å²) < 4.78 is 0. The van der Waals surface area contributed by atoms with E-state index in [2.05, 4.69) is 60.7 Å². The highest BCUT2D eigenvalue weighted by molar-refractivity contribution is 5.80. The summed E-state index contributed by atoms with van der Waals surface area (Å²) in [4.78, 5) is 0. The van der Waals surface area contributed by atoms with Crippen molar-refractivity contribution in [3.05, 3.63) is 95.1 Å². The van der Waals surface area contributed by atoms with Crippen LogP contribution in [0.5, 0.6) is 0 Å². The van der Waals surface area contributed by atoms with Gasteiger partial charge in [-0.15, -0.1) is 0 Å². The molecule has 1 aliphatic rings. The number of hydrogen-bond acceptors (Lipinski definition) is 1. The Kier molecular flexibility index (Phi) is 2.87. The molecule has 1 aliphatic carbocycles. The minimum atomic E-state index is 0.0872. The lowest BCUT2D eigenvalue weighted by atomic mass is 9.88. The maximum atomic E-state index is 9.40. The van der Waals surface area contributed by atoms with Crippen molar-refractivity contribution in [3.8, 4) is 11.1 Å². The molecule has 0 saturated carbocycles. The molecule has 0 unspecified atom stereocenters. The van der Waals surface area contributed by atoms with Crippen LogP contribution in [0, 0.1) is 0 Å². The number of benzene rings is 3. The van der Waals surface area contributed by atoms with Gasteiger partial charge in [0.15, 0.2) is 0 Å². The first-order valence-corrected chi connectivity index (χ1v) is 7.26. The van der Waals surface area contributed by atoms with Gasteiger partial charge in [-0.05, 0) is 33.4 Å². The molecule has 0 fully saturated rings. The van der Waals surface area contributed by atoms with E-state index in [0.717, 1.165) is 5.56 Å². The van der Waals surface area contributed by atoms with E-state index < -0.39 is 0 Å². The molecule has 21 heavy (non-hydrogen) atoms. The first kappa shape index (κ1) is 12.4. The summed E-state index contributed by atoms with van der Waals surface area (Å²) in [5.74, 6) is 0.267. The van der Waals surface area contributed by atoms with Gasteiger partial charge in [0.1, 0.15) is 0 Å². The third-order valence-corrected chi connectivity index (χ3v) is 4.30. The fraction of sp³-hybridized carbons (Fsp3) is 0.100. The smallest absolute Gasteiger partial charge is 0.0681 e. The standard InChI is InChI=1S/C20H16O/c21-13-14-6-5-7-15(12-14)20-18-10-3-1-8-16(18)17-9-2-4-11-19(17)20/h1-12,20-21H,13H2. The molecule has 1 heteroatoms. The second kappa shape index (κ2) is 4.87. The van der Waals surface area contributed by atoms with Gasteiger partial charge >= 0.3 is 0 Å². The van der Waals surface area contributed by atoms with E-state index in [4.69, 9.17) is 0 Å². The van der Waals surface area contributed by atoms with Gasteiger partial charge in [0.25, 0.3) is 0 Å². The van der Waals surface area contributed by atoms with Crippen LogP contribution in [0.2, 0.25) is 0 Å². The van der Waals surface area contributed by atoms with Gasteiger partial charge in [-0.2, -0.15) is 0 Å². The lowest BCUT2D eigenvalue weighted by Crippen LogP contribution is -2.00. The fourth-order valence-corrected chi connectivity index (χ4v) is 3.39. The minimum Gasteiger partial charge on any atom is -0.392 e. The molecule has 0 spiro atoms. The normalized spacial score (nSPS) is 13.0. The van der Waals surface area contributed by atoms with Gasteiger partial charge in [0.2, 0.25) is 0 Å². The van der Waals surface area contributed by atoms with Crippen LogP contribution >= 0.6 is 0 Å². The average molecular weight is 272 g/mol. The predicted octanol–water partition coefficient (Wildman–Crippen LogP) is 4.34. The lowest BCUT2D eigenvalue weighted by Gasteiger charge is -2.15. The van der Waals surface area contributed by atoms with Crippen molar-refractivity contribution in [2.24, 2.45) is 0 Å². The Bertz CT molecular complexity index is 759. The van der Waals surface area contributed by atoms with E-state index in [9.17, 15) is 5.11 Å². The SMILES string of the molecule is OCc1cccc(C2c3ccccc3-c3ccccc32)c1. The van der Waals surface area contributed by atoms with Crippen LogP contribution in [0.4, 0.5) is 0 Å². The Morgan fingerprint density at radius 1 is 0.714 bits per heavy atom. The zero-order valence-corrected chi connectivity index (χ0v) is 11.7. The molecule has 0 bridgehead atoms. The Morgan fingerprint density at radius 2 is 1.33 bits per heavy atom. The van der Waals surface area contributed by atoms with Crippen LogP contribution in [0.1, 0.15) is 28.2 Å². The Morgan fingerprint density at radius 3 is 1.95 bits per heavy atom. The van der Waals surface area contributed by atoms with Gasteiger partial charge in [-0.1, -0.05) is 72.8 Å². The van der Waals surface area contributed by atoms with Gasteiger partial charge in [0.05, 0.1) is 6.61 Å². The van der Waals surface area contributed by atoms with Crippen LogP contribution in [0.25, 0.3) is 11.1 Å². The molecule has 0 aromatic heterocycles. The van der Waals surface area contributed by atoms with Gasteiger partial charge in [-0.3, -0.25) is 0 Å². The third kappa shape index (κ3) is 1.90. The molecular formula is C20H16O. The highest BCUT2D eigenvalue weighted by atomic mass is 16.3. The number of fused-ring (bicyclic) bond motifs is 3. The number of aliphatic hydroxyl groups excluding tert-OH is 1. The van der Waals surface area contributed by atoms with Crippen molar-refractivity contribution in [3.63, 3.8) is 0 Å². The van der Waals surface area contributed by atoms with Crippen molar-refractivity contribution in [2.75, 3.05) is 0 Å². The van der Waals surface area contributed by atoms with Crippen molar-refractivity contribution in [1.29, 1.82) is 0 Å². The lowest BCUT2D eigenvalue weighted by molar-refractivity contribution is 0.281. The molecule has 102 valence electrons. The van der Waals surface area contributed by atoms with E-state index in [1.54, 1.807) is 0 Å². The van der Waals surface area contributed by atoms with Crippen LogP contribution in [-0.2, 0) is 6.61 Å². The molecule has 0 atom stereocenters. The summed E-state index contributed by atoms with van der Waals surface area (Å²) in [6.45, 7) is 0.0872. The van der Waals surface area contributed by atoms with E-state index in [1.807, 2.05) is 12.1 Å². The first-order chi connectivity index (χ1) is 10.4. The summed E-state index contributed by atoms with van der Waals surface area (Å²) in [5.41, 5.74) is 7.58. The maximum Gasteiger partial charge on any atom is 0.0681 e. The quantitative estimate of drug-likeness (QED) is 0.575. The molecule has 4 rings (SSSR count). The van der Waals surface area contributed by atoms with Crippen LogP contribution in [0.3, 0.4) is 0 Å². The van der Waals surface area contributed by atoms with E-state index in [1.165, 1.54) is 27.8 Å². The number of hydrogen-bond donors (Lipinski definition) is 1. The summed E-state index contributed by atoms with van der Waals surface area (Å²) in [6, 6.07) is 25.5. The van der Waals surface area contributed by atoms with Crippen LogP contribution in [0.15, 0.2) is 72.8 Å². The zero-order valence-electron chi connectivity index (χ0n) is 11.7. The summed E-state index contributed by atoms with van der Waals surface area (Å²) in [5, 5.41) is 9.40. The molecule has 0 amide bonds. The zero-order chi connectivity index (χ0) is 14.2. The van der Waals surface area contributed by atoms with Crippen molar-refractivity contribution < 1.29 is 5.11 Å². The Hall–Kier alpha value is -2.38. The molecule has 0 saturated heterocycles. The summed E-state index contributed by atoms with van der Waals surface area (Å²) in [7, 11) is 0. The van der Waals surface area contributed by atoms with Crippen molar-refractivity contribution >= 4 is 0 Å². The molecule has 3 aromatic carbocycles. The average Bonchev–Trinajstić information content (AvgIpc) is 2.89. The molecule has 0 aliphatic heterocycles. The van der Waals surface area contributed by atoms with Crippen molar-refractivity contribution in [1.82, 2.24) is 0 Å². The largest absolute Gasteiger partial charge is 0.392 e. The van der Waals surface area contributed by atoms with Crippen molar-refractivity contribution in [2.45, 2.75) is 12.5 Å². The van der Waals surface area contributed by atoms with E-state index in [0.29, 0.717) is 0 Å². The summed E-state index contributed by atoms with van der Waals surface area (Å²) >= 11 is 0. The number of rotatable bonds is 2. The second-order valence-electron chi connectivity index (χ2n) is 5.51. The second-order valence-corrected chi connectivity index (χ2v) is 5.51. The fourth-order valence-electron chi connectivity index (χ4n) is 3.39. The molecule has 0 radical (unpaired) electrons. The van der Waals surface area contributed by atoms with Crippen LogP contribution in [-0.4, -0.2) is 5.11 Å². The first-order valence-electron chi connectivity index (χ1n) is 7.26. The Balaban J connectivity index is 1.96. The molecule has 0 heterocycles. The molecule has 1 N–H and O–H groups in total. The monoisotopic (exact) mass is 272 g/mol. The predicted molar refractivity (Wildman–Crippen MR) is 85.2 cm³/mol. The summed E-state index contributed by atoms with van der Waals surface area (Å²) in [6.07, 6.45) is 0. The van der Waals surface area contributed by atoms with Crippen LogP contribution < -0.4 is 0 Å².